The molecule has 0 bridgehead atoms. The van der Waals surface area contributed by atoms with Crippen LogP contribution in [-0.2, 0) is 18.1 Å². The molecule has 0 saturated carbocycles. The topological polar surface area (TPSA) is 17.8 Å². The molecule has 0 aliphatic carbocycles. The molecule has 1 aromatic heterocycles. The monoisotopic (exact) mass is 284 g/mol. The molecule has 0 N–H and O–H groups in total. The standard InChI is InChI=1S/C9H12BrF3N2/c1-6(2)5-15-8(9(11,12)13)7(3-10)4-14-15/h4,6H,3,5H2,1-2H3. The largest absolute Gasteiger partial charge is 0.433 e. The highest BCUT2D eigenvalue weighted by atomic mass is 79.9. The zero-order valence-electron chi connectivity index (χ0n) is 8.48. The van der Waals surface area contributed by atoms with Gasteiger partial charge in [0.05, 0.1) is 6.20 Å². The molecule has 0 unspecified atom stereocenters. The number of aromatic nitrogens is 2. The minimum Gasteiger partial charge on any atom is -0.260 e. The Balaban J connectivity index is 3.12. The highest BCUT2D eigenvalue weighted by molar-refractivity contribution is 9.08. The maximum Gasteiger partial charge on any atom is 0.433 e. The minimum absolute atomic E-state index is 0.133. The Kier molecular flexibility index (Phi) is 3.81. The van der Waals surface area contributed by atoms with Gasteiger partial charge >= 0.3 is 6.18 Å². The summed E-state index contributed by atoms with van der Waals surface area (Å²) in [5.74, 6) is 0.133. The highest BCUT2D eigenvalue weighted by Gasteiger charge is 2.37. The van der Waals surface area contributed by atoms with Crippen LogP contribution in [0, 0.1) is 5.92 Å². The van der Waals surface area contributed by atoms with Gasteiger partial charge in [-0.3, -0.25) is 4.68 Å². The van der Waals surface area contributed by atoms with E-state index in [1.807, 2.05) is 13.8 Å². The summed E-state index contributed by atoms with van der Waals surface area (Å²) in [6.07, 6.45) is -3.07. The van der Waals surface area contributed by atoms with Gasteiger partial charge in [-0.15, -0.1) is 0 Å². The molecule has 0 amide bonds. The molecular weight excluding hydrogens is 273 g/mol. The van der Waals surface area contributed by atoms with Gasteiger partial charge in [0, 0.05) is 17.4 Å². The zero-order chi connectivity index (χ0) is 11.6. The zero-order valence-corrected chi connectivity index (χ0v) is 10.1. The summed E-state index contributed by atoms with van der Waals surface area (Å²) in [6, 6.07) is 0. The van der Waals surface area contributed by atoms with E-state index in [4.69, 9.17) is 0 Å². The number of alkyl halides is 4. The van der Waals surface area contributed by atoms with Crippen molar-refractivity contribution in [2.75, 3.05) is 0 Å². The predicted molar refractivity (Wildman–Crippen MR) is 54.7 cm³/mol. The summed E-state index contributed by atoms with van der Waals surface area (Å²) in [5, 5.41) is 3.93. The van der Waals surface area contributed by atoms with Crippen LogP contribution < -0.4 is 0 Å². The third-order valence-electron chi connectivity index (χ3n) is 1.87. The van der Waals surface area contributed by atoms with E-state index >= 15 is 0 Å². The van der Waals surface area contributed by atoms with Crippen LogP contribution >= 0.6 is 15.9 Å². The average molecular weight is 285 g/mol. The van der Waals surface area contributed by atoms with Crippen LogP contribution in [0.4, 0.5) is 13.2 Å². The Labute approximate surface area is 94.6 Å². The fraction of sp³-hybridized carbons (Fsp3) is 0.667. The van der Waals surface area contributed by atoms with Crippen molar-refractivity contribution in [3.63, 3.8) is 0 Å². The fourth-order valence-electron chi connectivity index (χ4n) is 1.33. The highest BCUT2D eigenvalue weighted by Crippen LogP contribution is 2.33. The summed E-state index contributed by atoms with van der Waals surface area (Å²) in [7, 11) is 0. The summed E-state index contributed by atoms with van der Waals surface area (Å²) < 4.78 is 39.1. The van der Waals surface area contributed by atoms with Gasteiger partial charge in [-0.2, -0.15) is 18.3 Å². The maximum atomic E-state index is 12.7. The van der Waals surface area contributed by atoms with Crippen molar-refractivity contribution in [2.24, 2.45) is 5.92 Å². The smallest absolute Gasteiger partial charge is 0.260 e. The van der Waals surface area contributed by atoms with E-state index in [2.05, 4.69) is 21.0 Å². The van der Waals surface area contributed by atoms with Gasteiger partial charge in [-0.25, -0.2) is 0 Å². The molecule has 0 aliphatic rings. The van der Waals surface area contributed by atoms with Crippen molar-refractivity contribution >= 4 is 15.9 Å². The van der Waals surface area contributed by atoms with Crippen molar-refractivity contribution in [1.29, 1.82) is 0 Å². The van der Waals surface area contributed by atoms with Crippen molar-refractivity contribution in [3.8, 4) is 0 Å². The van der Waals surface area contributed by atoms with E-state index in [0.717, 1.165) is 4.68 Å². The molecule has 1 aromatic rings. The van der Waals surface area contributed by atoms with Crippen molar-refractivity contribution in [1.82, 2.24) is 9.78 Å². The first-order chi connectivity index (χ1) is 6.86. The van der Waals surface area contributed by atoms with E-state index in [1.54, 1.807) is 0 Å². The summed E-state index contributed by atoms with van der Waals surface area (Å²) >= 11 is 3.03. The first-order valence-electron chi connectivity index (χ1n) is 4.54. The molecule has 2 nitrogen and oxygen atoms in total. The lowest BCUT2D eigenvalue weighted by Gasteiger charge is -2.13. The third kappa shape index (κ3) is 2.96. The Bertz CT molecular complexity index is 331. The molecule has 6 heteroatoms. The van der Waals surface area contributed by atoms with Gasteiger partial charge in [0.2, 0.25) is 0 Å². The number of halogens is 4. The number of hydrogen-bond acceptors (Lipinski definition) is 1. The summed E-state index contributed by atoms with van der Waals surface area (Å²) in [6.45, 7) is 3.99. The molecule has 0 aromatic carbocycles. The second-order valence-corrected chi connectivity index (χ2v) is 4.29. The second kappa shape index (κ2) is 4.55. The Morgan fingerprint density at radius 1 is 1.47 bits per heavy atom. The Morgan fingerprint density at radius 3 is 2.47 bits per heavy atom. The molecule has 15 heavy (non-hydrogen) atoms. The second-order valence-electron chi connectivity index (χ2n) is 3.73. The molecule has 0 fully saturated rings. The Hall–Kier alpha value is -0.520. The molecular formula is C9H12BrF3N2. The van der Waals surface area contributed by atoms with Crippen LogP contribution in [0.3, 0.4) is 0 Å². The lowest BCUT2D eigenvalue weighted by Crippen LogP contribution is -2.18. The Morgan fingerprint density at radius 2 is 2.07 bits per heavy atom. The van der Waals surface area contributed by atoms with Crippen LogP contribution in [0.2, 0.25) is 0 Å². The van der Waals surface area contributed by atoms with Crippen LogP contribution in [0.15, 0.2) is 6.20 Å². The van der Waals surface area contributed by atoms with Crippen LogP contribution in [0.25, 0.3) is 0 Å². The van der Waals surface area contributed by atoms with Gasteiger partial charge < -0.3 is 0 Å². The molecule has 86 valence electrons. The van der Waals surface area contributed by atoms with Gasteiger partial charge in [0.15, 0.2) is 0 Å². The van der Waals surface area contributed by atoms with Crippen LogP contribution in [0.5, 0.6) is 0 Å². The average Bonchev–Trinajstić information content (AvgIpc) is 2.45. The number of nitrogens with zero attached hydrogens (tertiary/aromatic N) is 2. The molecule has 0 saturated heterocycles. The third-order valence-corrected chi connectivity index (χ3v) is 2.47. The molecule has 1 rings (SSSR count). The molecule has 0 aliphatic heterocycles. The van der Waals surface area contributed by atoms with Crippen LogP contribution in [0.1, 0.15) is 25.1 Å². The normalized spacial score (nSPS) is 12.5. The quantitative estimate of drug-likeness (QED) is 0.778. The van der Waals surface area contributed by atoms with Gasteiger partial charge in [0.1, 0.15) is 5.69 Å². The lowest BCUT2D eigenvalue weighted by atomic mass is 10.2. The van der Waals surface area contributed by atoms with E-state index in [0.29, 0.717) is 0 Å². The van der Waals surface area contributed by atoms with Crippen molar-refractivity contribution in [2.45, 2.75) is 31.9 Å². The maximum absolute atomic E-state index is 12.7. The van der Waals surface area contributed by atoms with Crippen LogP contribution in [-0.4, -0.2) is 9.78 Å². The molecule has 1 heterocycles. The van der Waals surface area contributed by atoms with E-state index in [1.165, 1.54) is 6.20 Å². The number of hydrogen-bond donors (Lipinski definition) is 0. The van der Waals surface area contributed by atoms with Crippen molar-refractivity contribution < 1.29 is 13.2 Å². The molecule has 0 spiro atoms. The first kappa shape index (κ1) is 12.5. The van der Waals surface area contributed by atoms with Crippen molar-refractivity contribution in [3.05, 3.63) is 17.5 Å². The van der Waals surface area contributed by atoms with Gasteiger partial charge in [-0.1, -0.05) is 29.8 Å². The van der Waals surface area contributed by atoms with E-state index in [9.17, 15) is 13.2 Å². The van der Waals surface area contributed by atoms with Gasteiger partial charge in [0.25, 0.3) is 0 Å². The van der Waals surface area contributed by atoms with E-state index < -0.39 is 11.9 Å². The lowest BCUT2D eigenvalue weighted by molar-refractivity contribution is -0.144. The number of rotatable bonds is 3. The van der Waals surface area contributed by atoms with E-state index in [-0.39, 0.29) is 23.4 Å². The fourth-order valence-corrected chi connectivity index (χ4v) is 1.74. The molecule has 0 radical (unpaired) electrons. The summed E-state index contributed by atoms with van der Waals surface area (Å²) in [4.78, 5) is 0. The minimum atomic E-state index is -4.34. The SMILES string of the molecule is CC(C)Cn1ncc(CBr)c1C(F)(F)F. The predicted octanol–water partition coefficient (Wildman–Crippen LogP) is 3.45. The first-order valence-corrected chi connectivity index (χ1v) is 5.66. The molecule has 0 atom stereocenters. The van der Waals surface area contributed by atoms with Gasteiger partial charge in [-0.05, 0) is 5.92 Å². The summed E-state index contributed by atoms with van der Waals surface area (Å²) in [5.41, 5.74) is -0.462.